The van der Waals surface area contributed by atoms with Gasteiger partial charge in [0.1, 0.15) is 24.2 Å². The Hall–Kier alpha value is -2.57. The first-order chi connectivity index (χ1) is 13.4. The zero-order valence-electron chi connectivity index (χ0n) is 16.2. The lowest BCUT2D eigenvalue weighted by Gasteiger charge is -2.17. The van der Waals surface area contributed by atoms with Crippen LogP contribution in [0.3, 0.4) is 0 Å². The van der Waals surface area contributed by atoms with Crippen molar-refractivity contribution in [2.75, 3.05) is 19.8 Å². The first-order valence-electron chi connectivity index (χ1n) is 9.41. The molecule has 1 heterocycles. The van der Waals surface area contributed by atoms with Gasteiger partial charge in [-0.05, 0) is 68.7 Å². The third kappa shape index (κ3) is 5.97. The van der Waals surface area contributed by atoms with E-state index in [4.69, 9.17) is 24.1 Å². The number of carbonyl (C=O) groups is 1. The van der Waals surface area contributed by atoms with E-state index in [0.717, 1.165) is 18.6 Å². The summed E-state index contributed by atoms with van der Waals surface area (Å²) >= 11 is 0. The SMILES string of the molecule is CC1(C)OC[C@@H](COc2ccc(CCCOc3ccc(C(=O)O)cc3)cc2)O1. The van der Waals surface area contributed by atoms with E-state index in [0.29, 0.717) is 25.6 Å². The van der Waals surface area contributed by atoms with Crippen molar-refractivity contribution >= 4 is 5.97 Å². The van der Waals surface area contributed by atoms with Crippen molar-refractivity contribution in [1.29, 1.82) is 0 Å². The number of carboxylic acids is 1. The molecule has 1 aliphatic rings. The second-order valence-electron chi connectivity index (χ2n) is 7.19. The van der Waals surface area contributed by atoms with E-state index in [1.165, 1.54) is 5.56 Å². The predicted molar refractivity (Wildman–Crippen MR) is 104 cm³/mol. The molecule has 0 amide bonds. The highest BCUT2D eigenvalue weighted by Gasteiger charge is 2.32. The van der Waals surface area contributed by atoms with Crippen LogP contribution >= 0.6 is 0 Å². The Kier molecular flexibility index (Phi) is 6.54. The summed E-state index contributed by atoms with van der Waals surface area (Å²) in [4.78, 5) is 10.8. The van der Waals surface area contributed by atoms with Gasteiger partial charge in [0, 0.05) is 0 Å². The van der Waals surface area contributed by atoms with Crippen molar-refractivity contribution in [3.63, 3.8) is 0 Å². The molecule has 1 fully saturated rings. The predicted octanol–water partition coefficient (Wildman–Crippen LogP) is 3.93. The summed E-state index contributed by atoms with van der Waals surface area (Å²) in [5, 5.41) is 8.88. The van der Waals surface area contributed by atoms with E-state index in [9.17, 15) is 4.79 Å². The number of aromatic carboxylic acids is 1. The minimum Gasteiger partial charge on any atom is -0.494 e. The summed E-state index contributed by atoms with van der Waals surface area (Å²) in [6.45, 7) is 5.38. The van der Waals surface area contributed by atoms with Crippen LogP contribution < -0.4 is 9.47 Å². The number of benzene rings is 2. The fourth-order valence-electron chi connectivity index (χ4n) is 2.95. The van der Waals surface area contributed by atoms with E-state index in [1.54, 1.807) is 24.3 Å². The molecule has 0 aromatic heterocycles. The number of ether oxygens (including phenoxy) is 4. The third-order valence-electron chi connectivity index (χ3n) is 4.41. The van der Waals surface area contributed by atoms with Gasteiger partial charge >= 0.3 is 5.97 Å². The topological polar surface area (TPSA) is 74.2 Å². The second-order valence-corrected chi connectivity index (χ2v) is 7.19. The monoisotopic (exact) mass is 386 g/mol. The molecule has 28 heavy (non-hydrogen) atoms. The zero-order valence-corrected chi connectivity index (χ0v) is 16.2. The molecule has 0 bridgehead atoms. The number of rotatable bonds is 9. The van der Waals surface area contributed by atoms with Gasteiger partial charge in [0.05, 0.1) is 18.8 Å². The molecule has 2 aromatic carbocycles. The number of carboxylic acid groups (broad SMARTS) is 1. The first-order valence-corrected chi connectivity index (χ1v) is 9.41. The summed E-state index contributed by atoms with van der Waals surface area (Å²) in [6, 6.07) is 14.5. The Bertz CT molecular complexity index is 767. The molecule has 6 nitrogen and oxygen atoms in total. The lowest BCUT2D eigenvalue weighted by Crippen LogP contribution is -2.25. The Morgan fingerprint density at radius 2 is 1.71 bits per heavy atom. The fraction of sp³-hybridized carbons (Fsp3) is 0.409. The van der Waals surface area contributed by atoms with Crippen LogP contribution in [-0.4, -0.2) is 42.8 Å². The summed E-state index contributed by atoms with van der Waals surface area (Å²) in [6.07, 6.45) is 1.71. The van der Waals surface area contributed by atoms with Crippen LogP contribution in [0.4, 0.5) is 0 Å². The number of hydrogen-bond donors (Lipinski definition) is 1. The maximum Gasteiger partial charge on any atom is 0.335 e. The second kappa shape index (κ2) is 9.08. The van der Waals surface area contributed by atoms with Crippen LogP contribution in [0, 0.1) is 0 Å². The van der Waals surface area contributed by atoms with Gasteiger partial charge in [0.25, 0.3) is 0 Å². The minimum absolute atomic E-state index is 0.0450. The van der Waals surface area contributed by atoms with Gasteiger partial charge in [-0.1, -0.05) is 12.1 Å². The Morgan fingerprint density at radius 3 is 2.32 bits per heavy atom. The van der Waals surface area contributed by atoms with E-state index < -0.39 is 11.8 Å². The molecule has 0 radical (unpaired) electrons. The van der Waals surface area contributed by atoms with Crippen LogP contribution in [0.1, 0.15) is 36.2 Å². The highest BCUT2D eigenvalue weighted by atomic mass is 16.7. The van der Waals surface area contributed by atoms with E-state index in [2.05, 4.69) is 0 Å². The molecule has 0 unspecified atom stereocenters. The van der Waals surface area contributed by atoms with Crippen molar-refractivity contribution in [3.8, 4) is 11.5 Å². The van der Waals surface area contributed by atoms with Gasteiger partial charge in [0.15, 0.2) is 5.79 Å². The molecule has 0 saturated carbocycles. The van der Waals surface area contributed by atoms with E-state index in [1.807, 2.05) is 38.1 Å². The average molecular weight is 386 g/mol. The molecule has 150 valence electrons. The van der Waals surface area contributed by atoms with Crippen molar-refractivity contribution in [2.24, 2.45) is 0 Å². The third-order valence-corrected chi connectivity index (χ3v) is 4.41. The van der Waals surface area contributed by atoms with Crippen LogP contribution in [0.25, 0.3) is 0 Å². The van der Waals surface area contributed by atoms with Gasteiger partial charge in [-0.2, -0.15) is 0 Å². The maximum absolute atomic E-state index is 10.8. The van der Waals surface area contributed by atoms with Crippen LogP contribution in [0.2, 0.25) is 0 Å². The summed E-state index contributed by atoms with van der Waals surface area (Å²) in [5.74, 6) is 0.0203. The molecule has 0 aliphatic carbocycles. The van der Waals surface area contributed by atoms with E-state index >= 15 is 0 Å². The highest BCUT2D eigenvalue weighted by molar-refractivity contribution is 5.87. The summed E-state index contributed by atoms with van der Waals surface area (Å²) in [5.41, 5.74) is 1.46. The Balaban J connectivity index is 1.35. The van der Waals surface area contributed by atoms with Crippen LogP contribution in [0.15, 0.2) is 48.5 Å². The quantitative estimate of drug-likeness (QED) is 0.659. The molecule has 1 N–H and O–H groups in total. The Labute approximate surface area is 165 Å². The molecule has 2 aromatic rings. The van der Waals surface area contributed by atoms with Crippen LogP contribution in [0.5, 0.6) is 11.5 Å². The molecule has 6 heteroatoms. The first kappa shape index (κ1) is 20.2. The molecular weight excluding hydrogens is 360 g/mol. The van der Waals surface area contributed by atoms with Crippen molar-refractivity contribution in [2.45, 2.75) is 38.6 Å². The normalized spacial score (nSPS) is 18.0. The largest absolute Gasteiger partial charge is 0.494 e. The van der Waals surface area contributed by atoms with Gasteiger partial charge in [0.2, 0.25) is 0 Å². The average Bonchev–Trinajstić information content (AvgIpc) is 3.03. The van der Waals surface area contributed by atoms with Gasteiger partial charge < -0.3 is 24.1 Å². The standard InChI is InChI=1S/C22H26O6/c1-22(2)27-15-20(28-22)14-26-19-9-5-16(6-10-19)4-3-13-25-18-11-7-17(8-12-18)21(23)24/h5-12,20H,3-4,13-15H2,1-2H3,(H,23,24)/t20-/m1/s1. The molecule has 1 atom stereocenters. The minimum atomic E-state index is -0.938. The molecule has 1 saturated heterocycles. The molecule has 0 spiro atoms. The van der Waals surface area contributed by atoms with Crippen molar-refractivity contribution in [3.05, 3.63) is 59.7 Å². The Morgan fingerprint density at radius 1 is 1.07 bits per heavy atom. The lowest BCUT2D eigenvalue weighted by atomic mass is 10.1. The van der Waals surface area contributed by atoms with Crippen molar-refractivity contribution in [1.82, 2.24) is 0 Å². The summed E-state index contributed by atoms with van der Waals surface area (Å²) in [7, 11) is 0. The van der Waals surface area contributed by atoms with Crippen LogP contribution in [-0.2, 0) is 15.9 Å². The summed E-state index contributed by atoms with van der Waals surface area (Å²) < 4.78 is 22.7. The zero-order chi connectivity index (χ0) is 20.0. The number of aryl methyl sites for hydroxylation is 1. The van der Waals surface area contributed by atoms with E-state index in [-0.39, 0.29) is 11.7 Å². The smallest absolute Gasteiger partial charge is 0.335 e. The molecule has 1 aliphatic heterocycles. The highest BCUT2D eigenvalue weighted by Crippen LogP contribution is 2.23. The molecule has 3 rings (SSSR count). The molecular formula is C22H26O6. The van der Waals surface area contributed by atoms with Gasteiger partial charge in [-0.15, -0.1) is 0 Å². The maximum atomic E-state index is 10.8. The fourth-order valence-corrected chi connectivity index (χ4v) is 2.95. The van der Waals surface area contributed by atoms with Gasteiger partial charge in [-0.25, -0.2) is 4.79 Å². The van der Waals surface area contributed by atoms with Gasteiger partial charge in [-0.3, -0.25) is 0 Å². The van der Waals surface area contributed by atoms with Crippen molar-refractivity contribution < 1.29 is 28.8 Å². The lowest BCUT2D eigenvalue weighted by molar-refractivity contribution is -0.141. The number of hydrogen-bond acceptors (Lipinski definition) is 5.